The van der Waals surface area contributed by atoms with Crippen molar-refractivity contribution in [2.75, 3.05) is 6.61 Å². The highest BCUT2D eigenvalue weighted by Crippen LogP contribution is 2.13. The van der Waals surface area contributed by atoms with Gasteiger partial charge in [0.25, 0.3) is 0 Å². The predicted molar refractivity (Wildman–Crippen MR) is 43.2 cm³/mol. The van der Waals surface area contributed by atoms with Crippen LogP contribution in [0.1, 0.15) is 6.92 Å². The van der Waals surface area contributed by atoms with Crippen LogP contribution in [0.2, 0.25) is 0 Å². The third-order valence-corrected chi connectivity index (χ3v) is 1.75. The first-order valence-corrected chi connectivity index (χ1v) is 3.78. The van der Waals surface area contributed by atoms with Crippen molar-refractivity contribution in [2.45, 2.75) is 17.4 Å². The molecule has 0 bridgehead atoms. The molecule has 11 heavy (non-hydrogen) atoms. The number of halogens is 2. The second kappa shape index (κ2) is 4.11. The summed E-state index contributed by atoms with van der Waals surface area (Å²) in [5.74, 6) is -0.714. The minimum Gasteiger partial charge on any atom is -0.465 e. The fourth-order valence-electron chi connectivity index (χ4n) is 0.396. The van der Waals surface area contributed by atoms with Gasteiger partial charge in [0.15, 0.2) is 10.5 Å². The summed E-state index contributed by atoms with van der Waals surface area (Å²) in [5.41, 5.74) is 10.2. The highest BCUT2D eigenvalue weighted by atomic mass is 35.5. The Balaban J connectivity index is 4.03. The van der Waals surface area contributed by atoms with E-state index in [2.05, 4.69) is 4.74 Å². The fourth-order valence-corrected chi connectivity index (χ4v) is 0.548. The summed E-state index contributed by atoms with van der Waals surface area (Å²) in [6.07, 6.45) is 0. The summed E-state index contributed by atoms with van der Waals surface area (Å²) in [6, 6.07) is 0. The molecule has 1 unspecified atom stereocenters. The van der Waals surface area contributed by atoms with Crippen LogP contribution in [0.25, 0.3) is 0 Å². The molecule has 0 saturated carbocycles. The molecule has 0 spiro atoms. The van der Waals surface area contributed by atoms with Gasteiger partial charge in [-0.15, -0.1) is 11.6 Å². The van der Waals surface area contributed by atoms with Gasteiger partial charge in [0.2, 0.25) is 0 Å². The Bertz CT molecular complexity index is 146. The molecule has 0 saturated heterocycles. The lowest BCUT2D eigenvalue weighted by atomic mass is 10.3. The van der Waals surface area contributed by atoms with Crippen LogP contribution >= 0.6 is 23.2 Å². The third kappa shape index (κ3) is 3.76. The average molecular weight is 201 g/mol. The van der Waals surface area contributed by atoms with Crippen molar-refractivity contribution in [3.05, 3.63) is 0 Å². The number of esters is 1. The molecule has 6 heteroatoms. The van der Waals surface area contributed by atoms with Crippen LogP contribution in [0.15, 0.2) is 0 Å². The summed E-state index contributed by atoms with van der Waals surface area (Å²) in [6.45, 7) is 1.86. The zero-order valence-electron chi connectivity index (χ0n) is 6.01. The molecule has 0 aromatic carbocycles. The molecule has 0 amide bonds. The Morgan fingerprint density at radius 2 is 2.18 bits per heavy atom. The number of nitrogens with two attached hydrogens (primary N) is 2. The minimum absolute atomic E-state index is 0.217. The van der Waals surface area contributed by atoms with Crippen LogP contribution in [0.5, 0.6) is 0 Å². The van der Waals surface area contributed by atoms with Gasteiger partial charge in [-0.1, -0.05) is 11.6 Å². The maximum absolute atomic E-state index is 10.8. The van der Waals surface area contributed by atoms with Gasteiger partial charge in [-0.25, -0.2) is 0 Å². The molecule has 4 nitrogen and oxygen atoms in total. The second-order valence-corrected chi connectivity index (χ2v) is 3.03. The molecule has 0 radical (unpaired) electrons. The standard InChI is InChI=1S/C5H10Cl2N2O2/c1-2-11-4(10)3(6)5(7,8)9/h3H,2,8-9H2,1H3. The molecular formula is C5H10Cl2N2O2. The second-order valence-electron chi connectivity index (χ2n) is 1.94. The van der Waals surface area contributed by atoms with Gasteiger partial charge in [0.1, 0.15) is 0 Å². The van der Waals surface area contributed by atoms with E-state index in [0.717, 1.165) is 0 Å². The van der Waals surface area contributed by atoms with Gasteiger partial charge in [-0.2, -0.15) is 0 Å². The van der Waals surface area contributed by atoms with Crippen molar-refractivity contribution in [3.63, 3.8) is 0 Å². The van der Waals surface area contributed by atoms with Gasteiger partial charge in [-0.05, 0) is 6.92 Å². The van der Waals surface area contributed by atoms with Gasteiger partial charge < -0.3 is 4.74 Å². The Labute approximate surface area is 74.8 Å². The Hall–Kier alpha value is -0.0300. The van der Waals surface area contributed by atoms with Crippen LogP contribution in [0.3, 0.4) is 0 Å². The Morgan fingerprint density at radius 3 is 2.45 bits per heavy atom. The zero-order chi connectivity index (χ0) is 9.07. The van der Waals surface area contributed by atoms with E-state index in [1.807, 2.05) is 0 Å². The number of rotatable bonds is 3. The average Bonchev–Trinajstić information content (AvgIpc) is 1.85. The lowest BCUT2D eigenvalue weighted by Crippen LogP contribution is -2.54. The number of hydrogen-bond donors (Lipinski definition) is 2. The van der Waals surface area contributed by atoms with E-state index in [1.54, 1.807) is 6.92 Å². The first-order valence-electron chi connectivity index (χ1n) is 2.97. The van der Waals surface area contributed by atoms with E-state index in [9.17, 15) is 4.79 Å². The molecule has 0 aliphatic rings. The quantitative estimate of drug-likeness (QED) is 0.291. The van der Waals surface area contributed by atoms with Gasteiger partial charge in [-0.3, -0.25) is 16.3 Å². The van der Waals surface area contributed by atoms with E-state index in [1.165, 1.54) is 0 Å². The van der Waals surface area contributed by atoms with Gasteiger partial charge >= 0.3 is 5.97 Å². The number of carbonyl (C=O) groups is 1. The van der Waals surface area contributed by atoms with E-state index in [4.69, 9.17) is 34.7 Å². The van der Waals surface area contributed by atoms with Crippen LogP contribution in [-0.4, -0.2) is 23.1 Å². The minimum atomic E-state index is -1.76. The van der Waals surface area contributed by atoms with Crippen LogP contribution in [0.4, 0.5) is 0 Å². The molecule has 0 heterocycles. The summed E-state index contributed by atoms with van der Waals surface area (Å²) in [5, 5.41) is -2.99. The molecule has 0 aromatic rings. The van der Waals surface area contributed by atoms with Crippen molar-refractivity contribution in [1.29, 1.82) is 0 Å². The molecule has 0 aromatic heterocycles. The third-order valence-electron chi connectivity index (χ3n) is 0.882. The van der Waals surface area contributed by atoms with Crippen molar-refractivity contribution in [2.24, 2.45) is 11.5 Å². The molecule has 66 valence electrons. The number of ether oxygens (including phenoxy) is 1. The highest BCUT2D eigenvalue weighted by molar-refractivity contribution is 6.38. The topological polar surface area (TPSA) is 78.3 Å². The molecule has 0 fully saturated rings. The number of alkyl halides is 2. The Kier molecular flexibility index (Phi) is 4.10. The molecule has 0 rings (SSSR count). The zero-order valence-corrected chi connectivity index (χ0v) is 7.52. The molecule has 1 atom stereocenters. The van der Waals surface area contributed by atoms with E-state index < -0.39 is 16.5 Å². The Morgan fingerprint density at radius 1 is 1.73 bits per heavy atom. The molecule has 4 N–H and O–H groups in total. The van der Waals surface area contributed by atoms with Crippen molar-refractivity contribution >= 4 is 29.2 Å². The maximum Gasteiger partial charge on any atom is 0.328 e. The summed E-state index contributed by atoms with van der Waals surface area (Å²) in [7, 11) is 0. The summed E-state index contributed by atoms with van der Waals surface area (Å²) >= 11 is 10.8. The predicted octanol–water partition coefficient (Wildman–Crippen LogP) is -0.0331. The molecule has 0 aliphatic carbocycles. The maximum atomic E-state index is 10.8. The van der Waals surface area contributed by atoms with Crippen molar-refractivity contribution in [3.8, 4) is 0 Å². The lowest BCUT2D eigenvalue weighted by molar-refractivity contribution is -0.143. The first-order chi connectivity index (χ1) is 4.89. The number of carbonyl (C=O) groups excluding carboxylic acids is 1. The van der Waals surface area contributed by atoms with Crippen LogP contribution < -0.4 is 11.5 Å². The molecule has 0 aliphatic heterocycles. The van der Waals surface area contributed by atoms with E-state index in [0.29, 0.717) is 0 Å². The van der Waals surface area contributed by atoms with Gasteiger partial charge in [0, 0.05) is 0 Å². The van der Waals surface area contributed by atoms with E-state index >= 15 is 0 Å². The monoisotopic (exact) mass is 200 g/mol. The van der Waals surface area contributed by atoms with Crippen molar-refractivity contribution in [1.82, 2.24) is 0 Å². The summed E-state index contributed by atoms with van der Waals surface area (Å²) < 4.78 is 4.51. The highest BCUT2D eigenvalue weighted by Gasteiger charge is 2.34. The first kappa shape index (κ1) is 11.0. The van der Waals surface area contributed by atoms with Crippen LogP contribution in [-0.2, 0) is 9.53 Å². The number of hydrogen-bond acceptors (Lipinski definition) is 4. The largest absolute Gasteiger partial charge is 0.465 e. The molecular weight excluding hydrogens is 191 g/mol. The smallest absolute Gasteiger partial charge is 0.328 e. The lowest BCUT2D eigenvalue weighted by Gasteiger charge is -2.20. The summed E-state index contributed by atoms with van der Waals surface area (Å²) in [4.78, 5) is 10.8. The van der Waals surface area contributed by atoms with Crippen LogP contribution in [0, 0.1) is 0 Å². The van der Waals surface area contributed by atoms with Gasteiger partial charge in [0.05, 0.1) is 6.61 Å². The fraction of sp³-hybridized carbons (Fsp3) is 0.800. The van der Waals surface area contributed by atoms with E-state index in [-0.39, 0.29) is 6.61 Å². The SMILES string of the molecule is CCOC(=O)C(Cl)C(N)(N)Cl. The van der Waals surface area contributed by atoms with Crippen molar-refractivity contribution < 1.29 is 9.53 Å². The normalized spacial score (nSPS) is 14.3.